The van der Waals surface area contributed by atoms with Crippen LogP contribution in [0, 0.1) is 5.38 Å². The Morgan fingerprint density at radius 2 is 2.42 bits per heavy atom. The van der Waals surface area contributed by atoms with Crippen LogP contribution in [-0.2, 0) is 0 Å². The summed E-state index contributed by atoms with van der Waals surface area (Å²) in [6.45, 7) is 2.71. The Morgan fingerprint density at radius 3 is 3.25 bits per heavy atom. The first-order valence-electron chi connectivity index (χ1n) is 3.92. The number of fused-ring (bicyclic) bond motifs is 1. The topological polar surface area (TPSA) is 9.23 Å². The molecule has 1 radical (unpaired) electrons. The maximum Gasteiger partial charge on any atom is 0.119 e. The highest BCUT2D eigenvalue weighted by Gasteiger charge is 1.96. The lowest BCUT2D eigenvalue weighted by Gasteiger charge is -2.01. The standard InChI is InChI=1S/C10H9OS/c1-2-11-10-4-3-8-6-12-7-9(8)5-10/h3-6H,2H2,1H3. The van der Waals surface area contributed by atoms with Crippen LogP contribution in [0.1, 0.15) is 6.92 Å². The Labute approximate surface area is 75.6 Å². The Kier molecular flexibility index (Phi) is 2.00. The highest BCUT2D eigenvalue weighted by Crippen LogP contribution is 2.23. The van der Waals surface area contributed by atoms with E-state index in [4.69, 9.17) is 4.74 Å². The summed E-state index contributed by atoms with van der Waals surface area (Å²) in [5, 5.41) is 7.65. The van der Waals surface area contributed by atoms with E-state index in [1.54, 1.807) is 11.3 Å². The van der Waals surface area contributed by atoms with E-state index in [0.717, 1.165) is 17.7 Å². The smallest absolute Gasteiger partial charge is 0.119 e. The summed E-state index contributed by atoms with van der Waals surface area (Å²) < 4.78 is 5.37. The zero-order valence-corrected chi connectivity index (χ0v) is 7.65. The molecule has 0 N–H and O–H groups in total. The molecule has 0 fully saturated rings. The van der Waals surface area contributed by atoms with Gasteiger partial charge in [0, 0.05) is 5.39 Å². The van der Waals surface area contributed by atoms with Gasteiger partial charge >= 0.3 is 0 Å². The highest BCUT2D eigenvalue weighted by molar-refractivity contribution is 7.08. The van der Waals surface area contributed by atoms with E-state index in [-0.39, 0.29) is 0 Å². The van der Waals surface area contributed by atoms with Crippen molar-refractivity contribution < 1.29 is 4.74 Å². The van der Waals surface area contributed by atoms with Crippen LogP contribution in [-0.4, -0.2) is 6.61 Å². The summed E-state index contributed by atoms with van der Waals surface area (Å²) in [5.41, 5.74) is 0. The van der Waals surface area contributed by atoms with Crippen LogP contribution in [0.15, 0.2) is 23.6 Å². The van der Waals surface area contributed by atoms with Crippen molar-refractivity contribution in [2.45, 2.75) is 6.92 Å². The van der Waals surface area contributed by atoms with Gasteiger partial charge in [0.1, 0.15) is 5.75 Å². The molecule has 0 bridgehead atoms. The lowest BCUT2D eigenvalue weighted by atomic mass is 10.2. The van der Waals surface area contributed by atoms with E-state index in [1.807, 2.05) is 19.1 Å². The Balaban J connectivity index is 2.46. The summed E-state index contributed by atoms with van der Waals surface area (Å²) in [6.07, 6.45) is 0. The highest BCUT2D eigenvalue weighted by atomic mass is 32.1. The molecule has 0 amide bonds. The molecule has 2 heteroatoms. The average molecular weight is 177 g/mol. The van der Waals surface area contributed by atoms with Crippen molar-refractivity contribution in [2.24, 2.45) is 0 Å². The lowest BCUT2D eigenvalue weighted by molar-refractivity contribution is 0.341. The van der Waals surface area contributed by atoms with E-state index in [1.165, 1.54) is 5.39 Å². The quantitative estimate of drug-likeness (QED) is 0.685. The second-order valence-corrected chi connectivity index (χ2v) is 3.20. The Morgan fingerprint density at radius 1 is 1.50 bits per heavy atom. The average Bonchev–Trinajstić information content (AvgIpc) is 2.51. The van der Waals surface area contributed by atoms with E-state index >= 15 is 0 Å². The van der Waals surface area contributed by atoms with Gasteiger partial charge in [0.2, 0.25) is 0 Å². The van der Waals surface area contributed by atoms with Crippen LogP contribution < -0.4 is 4.74 Å². The molecule has 1 aromatic heterocycles. The summed E-state index contributed by atoms with van der Waals surface area (Å²) in [6, 6.07) is 6.08. The molecule has 1 heterocycles. The molecule has 0 saturated carbocycles. The molecule has 0 aliphatic rings. The van der Waals surface area contributed by atoms with Gasteiger partial charge in [-0.25, -0.2) is 0 Å². The van der Waals surface area contributed by atoms with Gasteiger partial charge < -0.3 is 4.74 Å². The maximum atomic E-state index is 5.37. The summed E-state index contributed by atoms with van der Waals surface area (Å²) in [7, 11) is 0. The third-order valence-electron chi connectivity index (χ3n) is 1.69. The minimum absolute atomic E-state index is 0.718. The minimum Gasteiger partial charge on any atom is -0.494 e. The van der Waals surface area contributed by atoms with Crippen LogP contribution in [0.4, 0.5) is 0 Å². The number of rotatable bonds is 2. The predicted octanol–water partition coefficient (Wildman–Crippen LogP) is 3.10. The fourth-order valence-corrected chi connectivity index (χ4v) is 1.83. The zero-order chi connectivity index (χ0) is 8.39. The molecule has 0 aliphatic carbocycles. The molecule has 2 aromatic rings. The molecule has 0 atom stereocenters. The Bertz CT molecular complexity index is 378. The SMILES string of the molecule is CCOc1ccc2cs[c]c2c1. The van der Waals surface area contributed by atoms with E-state index in [9.17, 15) is 0 Å². The molecule has 0 spiro atoms. The van der Waals surface area contributed by atoms with E-state index < -0.39 is 0 Å². The maximum absolute atomic E-state index is 5.37. The number of thiophene rings is 1. The monoisotopic (exact) mass is 177 g/mol. The molecule has 1 aromatic carbocycles. The van der Waals surface area contributed by atoms with Crippen LogP contribution in [0.25, 0.3) is 10.8 Å². The first-order valence-corrected chi connectivity index (χ1v) is 4.80. The summed E-state index contributed by atoms with van der Waals surface area (Å²) in [5.74, 6) is 0.930. The largest absolute Gasteiger partial charge is 0.494 e. The number of benzene rings is 1. The van der Waals surface area contributed by atoms with Gasteiger partial charge in [-0.3, -0.25) is 0 Å². The third kappa shape index (κ3) is 1.30. The van der Waals surface area contributed by atoms with Gasteiger partial charge in [-0.15, -0.1) is 11.3 Å². The number of hydrogen-bond donors (Lipinski definition) is 0. The lowest BCUT2D eigenvalue weighted by Crippen LogP contribution is -1.89. The molecule has 0 saturated heterocycles. The van der Waals surface area contributed by atoms with Crippen LogP contribution >= 0.6 is 11.3 Å². The molecular weight excluding hydrogens is 168 g/mol. The van der Waals surface area contributed by atoms with Crippen LogP contribution in [0.2, 0.25) is 0 Å². The molecular formula is C10H9OS. The second kappa shape index (κ2) is 3.15. The fourth-order valence-electron chi connectivity index (χ4n) is 1.14. The van der Waals surface area contributed by atoms with E-state index in [0.29, 0.717) is 0 Å². The van der Waals surface area contributed by atoms with Gasteiger partial charge in [-0.1, -0.05) is 0 Å². The zero-order valence-electron chi connectivity index (χ0n) is 6.83. The van der Waals surface area contributed by atoms with Crippen LogP contribution in [0.3, 0.4) is 0 Å². The number of ether oxygens (including phenoxy) is 1. The van der Waals surface area contributed by atoms with Crippen LogP contribution in [0.5, 0.6) is 5.75 Å². The van der Waals surface area contributed by atoms with Crippen molar-refractivity contribution in [1.29, 1.82) is 0 Å². The number of hydrogen-bond acceptors (Lipinski definition) is 2. The molecule has 2 rings (SSSR count). The normalized spacial score (nSPS) is 10.4. The van der Waals surface area contributed by atoms with Gasteiger partial charge in [-0.05, 0) is 35.9 Å². The first-order chi connectivity index (χ1) is 5.90. The van der Waals surface area contributed by atoms with Crippen molar-refractivity contribution >= 4 is 22.1 Å². The fraction of sp³-hybridized carbons (Fsp3) is 0.200. The minimum atomic E-state index is 0.718. The van der Waals surface area contributed by atoms with Gasteiger partial charge in [0.05, 0.1) is 12.0 Å². The molecule has 1 nitrogen and oxygen atoms in total. The van der Waals surface area contributed by atoms with Crippen molar-refractivity contribution in [3.05, 3.63) is 29.0 Å². The van der Waals surface area contributed by atoms with Gasteiger partial charge in [0.25, 0.3) is 0 Å². The second-order valence-electron chi connectivity index (χ2n) is 2.52. The Hall–Kier alpha value is -1.02. The molecule has 0 aliphatic heterocycles. The predicted molar refractivity (Wildman–Crippen MR) is 51.8 cm³/mol. The van der Waals surface area contributed by atoms with Crippen molar-refractivity contribution in [3.8, 4) is 5.75 Å². The van der Waals surface area contributed by atoms with Crippen molar-refractivity contribution in [1.82, 2.24) is 0 Å². The summed E-state index contributed by atoms with van der Waals surface area (Å²) in [4.78, 5) is 0. The third-order valence-corrected chi connectivity index (χ3v) is 2.40. The van der Waals surface area contributed by atoms with Gasteiger partial charge in [-0.2, -0.15) is 0 Å². The molecule has 12 heavy (non-hydrogen) atoms. The first kappa shape index (κ1) is 7.62. The van der Waals surface area contributed by atoms with Crippen molar-refractivity contribution in [2.75, 3.05) is 6.61 Å². The molecule has 61 valence electrons. The van der Waals surface area contributed by atoms with E-state index in [2.05, 4.69) is 16.8 Å². The van der Waals surface area contributed by atoms with Crippen molar-refractivity contribution in [3.63, 3.8) is 0 Å². The molecule has 0 unspecified atom stereocenters. The van der Waals surface area contributed by atoms with Gasteiger partial charge in [0.15, 0.2) is 0 Å². The summed E-state index contributed by atoms with van der Waals surface area (Å²) >= 11 is 1.60.